The zero-order chi connectivity index (χ0) is 11.5. The third kappa shape index (κ3) is 2.24. The quantitative estimate of drug-likeness (QED) is 0.761. The maximum Gasteiger partial charge on any atom is 0.193 e. The van der Waals surface area contributed by atoms with Crippen molar-refractivity contribution in [3.8, 4) is 6.07 Å². The van der Waals surface area contributed by atoms with E-state index in [2.05, 4.69) is 0 Å². The minimum absolute atomic E-state index is 0.384. The molecule has 0 bridgehead atoms. The number of hydrogen-bond donors (Lipinski definition) is 2. The Morgan fingerprint density at radius 2 is 2.12 bits per heavy atom. The standard InChI is InChI=1S/C10H11NO4S/c11-4-7(12)9(13)6-3-8(16-5-6)10-14-1-2-15-10/h3,5,7,9-10,12-13H,1-2H2. The van der Waals surface area contributed by atoms with Gasteiger partial charge in [0, 0.05) is 0 Å². The smallest absolute Gasteiger partial charge is 0.193 e. The van der Waals surface area contributed by atoms with Gasteiger partial charge in [-0.05, 0) is 17.0 Å². The summed E-state index contributed by atoms with van der Waals surface area (Å²) in [5, 5.41) is 28.9. The molecule has 1 aliphatic rings. The van der Waals surface area contributed by atoms with E-state index in [-0.39, 0.29) is 6.29 Å². The molecule has 2 rings (SSSR count). The molecule has 2 atom stereocenters. The van der Waals surface area contributed by atoms with Crippen molar-refractivity contribution in [2.24, 2.45) is 0 Å². The molecule has 86 valence electrons. The zero-order valence-electron chi connectivity index (χ0n) is 8.37. The van der Waals surface area contributed by atoms with Crippen molar-refractivity contribution in [1.29, 1.82) is 5.26 Å². The number of rotatable bonds is 3. The minimum Gasteiger partial charge on any atom is -0.385 e. The molecule has 1 aliphatic heterocycles. The van der Waals surface area contributed by atoms with Crippen molar-refractivity contribution in [3.05, 3.63) is 21.9 Å². The molecule has 0 spiro atoms. The zero-order valence-corrected chi connectivity index (χ0v) is 9.18. The number of aliphatic hydroxyl groups excluding tert-OH is 2. The first-order valence-electron chi connectivity index (χ1n) is 4.79. The fourth-order valence-corrected chi connectivity index (χ4v) is 2.35. The highest BCUT2D eigenvalue weighted by atomic mass is 32.1. The van der Waals surface area contributed by atoms with Crippen LogP contribution in [-0.4, -0.2) is 29.5 Å². The summed E-state index contributed by atoms with van der Waals surface area (Å²) in [7, 11) is 0. The first kappa shape index (κ1) is 11.5. The van der Waals surface area contributed by atoms with E-state index in [1.807, 2.05) is 0 Å². The molecule has 1 aromatic rings. The third-order valence-corrected chi connectivity index (χ3v) is 3.24. The predicted octanol–water partition coefficient (Wildman–Crippen LogP) is 0.711. The molecular weight excluding hydrogens is 230 g/mol. The molecule has 1 saturated heterocycles. The van der Waals surface area contributed by atoms with E-state index in [1.54, 1.807) is 17.5 Å². The van der Waals surface area contributed by atoms with Gasteiger partial charge >= 0.3 is 0 Å². The van der Waals surface area contributed by atoms with Gasteiger partial charge in [-0.15, -0.1) is 11.3 Å². The van der Waals surface area contributed by atoms with Crippen molar-refractivity contribution in [1.82, 2.24) is 0 Å². The average molecular weight is 241 g/mol. The van der Waals surface area contributed by atoms with Gasteiger partial charge in [0.1, 0.15) is 6.10 Å². The van der Waals surface area contributed by atoms with Crippen LogP contribution in [0.5, 0.6) is 0 Å². The van der Waals surface area contributed by atoms with Crippen molar-refractivity contribution in [2.75, 3.05) is 13.2 Å². The van der Waals surface area contributed by atoms with E-state index in [0.29, 0.717) is 18.8 Å². The summed E-state index contributed by atoms with van der Waals surface area (Å²) in [5.41, 5.74) is 0.508. The van der Waals surface area contributed by atoms with E-state index in [9.17, 15) is 10.2 Å². The van der Waals surface area contributed by atoms with E-state index in [4.69, 9.17) is 14.7 Å². The summed E-state index contributed by atoms with van der Waals surface area (Å²) in [6.07, 6.45) is -2.98. The lowest BCUT2D eigenvalue weighted by atomic mass is 10.1. The summed E-state index contributed by atoms with van der Waals surface area (Å²) >= 11 is 1.37. The SMILES string of the molecule is N#CC(O)C(O)c1csc(C2OCCO2)c1. The van der Waals surface area contributed by atoms with Crippen molar-refractivity contribution >= 4 is 11.3 Å². The predicted molar refractivity (Wildman–Crippen MR) is 55.5 cm³/mol. The Balaban J connectivity index is 2.10. The lowest BCUT2D eigenvalue weighted by molar-refractivity contribution is -0.0414. The molecule has 2 heterocycles. The lowest BCUT2D eigenvalue weighted by Gasteiger charge is -2.09. The fraction of sp³-hybridized carbons (Fsp3) is 0.500. The van der Waals surface area contributed by atoms with Gasteiger partial charge in [-0.25, -0.2) is 0 Å². The van der Waals surface area contributed by atoms with Gasteiger partial charge in [0.05, 0.1) is 24.2 Å². The van der Waals surface area contributed by atoms with Crippen molar-refractivity contribution in [2.45, 2.75) is 18.5 Å². The second-order valence-electron chi connectivity index (χ2n) is 3.37. The van der Waals surface area contributed by atoms with Crippen LogP contribution in [0.3, 0.4) is 0 Å². The maximum atomic E-state index is 9.60. The number of ether oxygens (including phenoxy) is 2. The van der Waals surface area contributed by atoms with E-state index in [0.717, 1.165) is 4.88 Å². The molecule has 0 aromatic carbocycles. The molecule has 2 unspecified atom stereocenters. The summed E-state index contributed by atoms with van der Waals surface area (Å²) in [5.74, 6) is 0. The summed E-state index contributed by atoms with van der Waals surface area (Å²) in [4.78, 5) is 0.830. The second kappa shape index (κ2) is 4.91. The van der Waals surface area contributed by atoms with Crippen LogP contribution in [0.15, 0.2) is 11.4 Å². The third-order valence-electron chi connectivity index (χ3n) is 2.27. The molecule has 16 heavy (non-hydrogen) atoms. The van der Waals surface area contributed by atoms with Crippen LogP contribution in [0, 0.1) is 11.3 Å². The number of thiophene rings is 1. The van der Waals surface area contributed by atoms with Crippen molar-refractivity contribution < 1.29 is 19.7 Å². The first-order valence-corrected chi connectivity index (χ1v) is 5.67. The van der Waals surface area contributed by atoms with Gasteiger partial charge in [-0.1, -0.05) is 0 Å². The van der Waals surface area contributed by atoms with Crippen LogP contribution in [0.2, 0.25) is 0 Å². The highest BCUT2D eigenvalue weighted by Gasteiger charge is 2.24. The summed E-state index contributed by atoms with van der Waals surface area (Å²) in [6, 6.07) is 3.28. The molecule has 6 heteroatoms. The number of nitriles is 1. The number of aliphatic hydroxyl groups is 2. The monoisotopic (exact) mass is 241 g/mol. The van der Waals surface area contributed by atoms with Crippen LogP contribution in [0.1, 0.15) is 22.8 Å². The molecule has 1 aromatic heterocycles. The summed E-state index contributed by atoms with van der Waals surface area (Å²) in [6.45, 7) is 1.11. The Labute approximate surface area is 96.5 Å². The highest BCUT2D eigenvalue weighted by molar-refractivity contribution is 7.10. The fourth-order valence-electron chi connectivity index (χ4n) is 1.42. The Kier molecular flexibility index (Phi) is 3.53. The average Bonchev–Trinajstić information content (AvgIpc) is 2.96. The second-order valence-corrected chi connectivity index (χ2v) is 4.32. The van der Waals surface area contributed by atoms with Crippen LogP contribution < -0.4 is 0 Å². The largest absolute Gasteiger partial charge is 0.385 e. The molecule has 1 fully saturated rings. The number of hydrogen-bond acceptors (Lipinski definition) is 6. The van der Waals surface area contributed by atoms with E-state index >= 15 is 0 Å². The van der Waals surface area contributed by atoms with Gasteiger partial charge in [0.15, 0.2) is 12.4 Å². The highest BCUT2D eigenvalue weighted by Crippen LogP contribution is 2.31. The molecule has 5 nitrogen and oxygen atoms in total. The maximum absolute atomic E-state index is 9.60. The Morgan fingerprint density at radius 3 is 2.75 bits per heavy atom. The van der Waals surface area contributed by atoms with Crippen molar-refractivity contribution in [3.63, 3.8) is 0 Å². The van der Waals surface area contributed by atoms with Gasteiger partial charge in [0.2, 0.25) is 0 Å². The minimum atomic E-state index is -1.41. The Bertz CT molecular complexity index is 394. The molecule has 0 radical (unpaired) electrons. The van der Waals surface area contributed by atoms with Gasteiger partial charge in [-0.2, -0.15) is 5.26 Å². The lowest BCUT2D eigenvalue weighted by Crippen LogP contribution is -2.14. The Morgan fingerprint density at radius 1 is 1.44 bits per heavy atom. The Hall–Kier alpha value is -0.970. The van der Waals surface area contributed by atoms with Gasteiger partial charge in [-0.3, -0.25) is 0 Å². The van der Waals surface area contributed by atoms with Crippen LogP contribution in [-0.2, 0) is 9.47 Å². The molecular formula is C10H11NO4S. The summed E-state index contributed by atoms with van der Waals surface area (Å²) < 4.78 is 10.6. The van der Waals surface area contributed by atoms with E-state index in [1.165, 1.54) is 11.3 Å². The molecule has 0 amide bonds. The molecule has 0 saturated carbocycles. The molecule has 2 N–H and O–H groups in total. The van der Waals surface area contributed by atoms with Gasteiger partial charge in [0.25, 0.3) is 0 Å². The van der Waals surface area contributed by atoms with Crippen LogP contribution >= 0.6 is 11.3 Å². The van der Waals surface area contributed by atoms with E-state index < -0.39 is 12.2 Å². The van der Waals surface area contributed by atoms with Crippen LogP contribution in [0.4, 0.5) is 0 Å². The first-order chi connectivity index (χ1) is 7.72. The van der Waals surface area contributed by atoms with Crippen LogP contribution in [0.25, 0.3) is 0 Å². The van der Waals surface area contributed by atoms with Gasteiger partial charge < -0.3 is 19.7 Å². The normalized spacial score (nSPS) is 20.6. The number of nitrogens with zero attached hydrogens (tertiary/aromatic N) is 1. The topological polar surface area (TPSA) is 82.7 Å². The molecule has 0 aliphatic carbocycles.